The van der Waals surface area contributed by atoms with Crippen LogP contribution in [0.5, 0.6) is 0 Å². The van der Waals surface area contributed by atoms with Gasteiger partial charge in [-0.2, -0.15) is 0 Å². The monoisotopic (exact) mass is 187 g/mol. The van der Waals surface area contributed by atoms with Gasteiger partial charge in [-0.05, 0) is 6.42 Å². The maximum Gasteiger partial charge on any atom is 0.407 e. The number of nitrogens with zero attached hydrogens (tertiary/aromatic N) is 1. The summed E-state index contributed by atoms with van der Waals surface area (Å²) in [6.45, 7) is 1.67. The van der Waals surface area contributed by atoms with Crippen molar-refractivity contribution in [2.24, 2.45) is 5.92 Å². The van der Waals surface area contributed by atoms with Gasteiger partial charge in [0, 0.05) is 19.0 Å². The van der Waals surface area contributed by atoms with Gasteiger partial charge in [0.2, 0.25) is 0 Å². The Kier molecular flexibility index (Phi) is 3.70. The average Bonchev–Trinajstić information content (AvgIpc) is 2.53. The zero-order chi connectivity index (χ0) is 9.68. The van der Waals surface area contributed by atoms with E-state index in [9.17, 15) is 9.59 Å². The molecule has 1 aliphatic rings. The summed E-state index contributed by atoms with van der Waals surface area (Å²) in [6.07, 6.45) is 0.646. The smallest absolute Gasteiger partial charge is 0.407 e. The fraction of sp³-hybridized carbons (Fsp3) is 0.750. The number of rotatable bonds is 4. The normalized spacial score (nSPS) is 21.8. The molecule has 1 N–H and O–H groups in total. The summed E-state index contributed by atoms with van der Waals surface area (Å²) in [6, 6.07) is 0. The molecule has 1 saturated heterocycles. The van der Waals surface area contributed by atoms with Crippen LogP contribution in [0.25, 0.3) is 0 Å². The quantitative estimate of drug-likeness (QED) is 0.504. The van der Waals surface area contributed by atoms with E-state index in [1.165, 1.54) is 4.90 Å². The number of hydrogen-bond donors (Lipinski definition) is 1. The van der Waals surface area contributed by atoms with Crippen LogP contribution in [0.3, 0.4) is 0 Å². The van der Waals surface area contributed by atoms with E-state index < -0.39 is 6.09 Å². The molecule has 1 atom stereocenters. The maximum atomic E-state index is 10.5. The minimum absolute atomic E-state index is 0.101. The Hall–Kier alpha value is -1.10. The Bertz CT molecular complexity index is 195. The molecule has 0 unspecified atom stereocenters. The van der Waals surface area contributed by atoms with Crippen LogP contribution in [0.15, 0.2) is 0 Å². The molecule has 0 bridgehead atoms. The van der Waals surface area contributed by atoms with Crippen LogP contribution in [-0.4, -0.2) is 48.7 Å². The van der Waals surface area contributed by atoms with E-state index in [0.717, 1.165) is 6.42 Å². The zero-order valence-electron chi connectivity index (χ0n) is 7.31. The predicted octanol–water partition coefficient (Wildman–Crippen LogP) is 0.202. The molecule has 0 radical (unpaired) electrons. The van der Waals surface area contributed by atoms with E-state index in [-0.39, 0.29) is 12.5 Å². The maximum absolute atomic E-state index is 10.5. The van der Waals surface area contributed by atoms with Crippen LogP contribution in [0.4, 0.5) is 4.79 Å². The van der Waals surface area contributed by atoms with Gasteiger partial charge < -0.3 is 19.5 Å². The van der Waals surface area contributed by atoms with Gasteiger partial charge in [0.05, 0.1) is 6.61 Å². The first-order valence-electron chi connectivity index (χ1n) is 4.23. The van der Waals surface area contributed by atoms with Crippen LogP contribution in [-0.2, 0) is 9.53 Å². The molecule has 5 heteroatoms. The lowest BCUT2D eigenvalue weighted by Gasteiger charge is -2.11. The van der Waals surface area contributed by atoms with Gasteiger partial charge in [0.15, 0.2) is 0 Å². The third-order valence-corrected chi connectivity index (χ3v) is 2.10. The largest absolute Gasteiger partial charge is 0.465 e. The minimum atomic E-state index is -0.877. The van der Waals surface area contributed by atoms with E-state index in [1.54, 1.807) is 0 Å². The number of carbonyl (C=O) groups is 2. The summed E-state index contributed by atoms with van der Waals surface area (Å²) in [5, 5.41) is 8.63. The molecule has 5 nitrogen and oxygen atoms in total. The zero-order valence-corrected chi connectivity index (χ0v) is 7.31. The summed E-state index contributed by atoms with van der Waals surface area (Å²) < 4.78 is 5.01. The van der Waals surface area contributed by atoms with Gasteiger partial charge in [-0.3, -0.25) is 0 Å². The second-order valence-corrected chi connectivity index (χ2v) is 3.09. The van der Waals surface area contributed by atoms with Crippen molar-refractivity contribution in [2.75, 3.05) is 26.3 Å². The lowest BCUT2D eigenvalue weighted by Crippen LogP contribution is -2.27. The Morgan fingerprint density at radius 1 is 1.69 bits per heavy atom. The molecular weight excluding hydrogens is 174 g/mol. The minimum Gasteiger partial charge on any atom is -0.465 e. The highest BCUT2D eigenvalue weighted by Crippen LogP contribution is 2.15. The number of carboxylic acid groups (broad SMARTS) is 1. The summed E-state index contributed by atoms with van der Waals surface area (Å²) in [4.78, 5) is 21.8. The van der Waals surface area contributed by atoms with Crippen molar-refractivity contribution >= 4 is 12.4 Å². The van der Waals surface area contributed by atoms with Crippen molar-refractivity contribution in [2.45, 2.75) is 6.42 Å². The number of ether oxygens (including phenoxy) is 1. The Balaban J connectivity index is 2.17. The number of amides is 1. The highest BCUT2D eigenvalue weighted by atomic mass is 16.5. The summed E-state index contributed by atoms with van der Waals surface area (Å²) >= 11 is 0. The number of likely N-dealkylation sites (tertiary alicyclic amines) is 1. The van der Waals surface area contributed by atoms with Gasteiger partial charge >= 0.3 is 6.09 Å². The topological polar surface area (TPSA) is 66.8 Å². The molecule has 1 rings (SSSR count). The van der Waals surface area contributed by atoms with Crippen molar-refractivity contribution < 1.29 is 19.4 Å². The Morgan fingerprint density at radius 2 is 2.46 bits per heavy atom. The third-order valence-electron chi connectivity index (χ3n) is 2.10. The third kappa shape index (κ3) is 3.02. The molecule has 1 fully saturated rings. The van der Waals surface area contributed by atoms with Crippen molar-refractivity contribution in [1.29, 1.82) is 0 Å². The molecule has 74 valence electrons. The van der Waals surface area contributed by atoms with Gasteiger partial charge in [0.1, 0.15) is 12.9 Å². The summed E-state index contributed by atoms with van der Waals surface area (Å²) in [7, 11) is 0. The molecular formula is C8H13NO4. The van der Waals surface area contributed by atoms with E-state index >= 15 is 0 Å². The molecule has 0 saturated carbocycles. The summed E-state index contributed by atoms with van der Waals surface area (Å²) in [5.74, 6) is 0.246. The number of aldehydes is 1. The first kappa shape index (κ1) is 9.98. The molecule has 0 aromatic carbocycles. The van der Waals surface area contributed by atoms with Gasteiger partial charge in [-0.25, -0.2) is 4.79 Å². The van der Waals surface area contributed by atoms with E-state index in [0.29, 0.717) is 26.0 Å². The number of hydrogen-bond acceptors (Lipinski definition) is 3. The molecule has 0 spiro atoms. The van der Waals surface area contributed by atoms with Crippen LogP contribution in [0, 0.1) is 5.92 Å². The lowest BCUT2D eigenvalue weighted by atomic mass is 10.1. The van der Waals surface area contributed by atoms with Crippen LogP contribution >= 0.6 is 0 Å². The van der Waals surface area contributed by atoms with E-state index in [1.807, 2.05) is 0 Å². The highest BCUT2D eigenvalue weighted by molar-refractivity contribution is 5.65. The van der Waals surface area contributed by atoms with Crippen LogP contribution in [0.1, 0.15) is 6.42 Å². The van der Waals surface area contributed by atoms with Crippen molar-refractivity contribution in [3.05, 3.63) is 0 Å². The number of carbonyl (C=O) groups excluding carboxylic acids is 1. The van der Waals surface area contributed by atoms with E-state index in [4.69, 9.17) is 9.84 Å². The predicted molar refractivity (Wildman–Crippen MR) is 44.6 cm³/mol. The first-order chi connectivity index (χ1) is 6.24. The van der Waals surface area contributed by atoms with Crippen molar-refractivity contribution in [3.8, 4) is 0 Å². The average molecular weight is 187 g/mol. The molecule has 1 heterocycles. The Morgan fingerprint density at radius 3 is 3.00 bits per heavy atom. The molecule has 0 aromatic rings. The van der Waals surface area contributed by atoms with Gasteiger partial charge in [-0.1, -0.05) is 0 Å². The summed E-state index contributed by atoms with van der Waals surface area (Å²) in [5.41, 5.74) is 0. The highest BCUT2D eigenvalue weighted by Gasteiger charge is 2.25. The van der Waals surface area contributed by atoms with E-state index in [2.05, 4.69) is 0 Å². The fourth-order valence-corrected chi connectivity index (χ4v) is 1.43. The van der Waals surface area contributed by atoms with Gasteiger partial charge in [0.25, 0.3) is 0 Å². The Labute approximate surface area is 76.3 Å². The fourth-order valence-electron chi connectivity index (χ4n) is 1.43. The van der Waals surface area contributed by atoms with Crippen molar-refractivity contribution in [3.63, 3.8) is 0 Å². The standard InChI is InChI=1S/C8H13NO4/c10-3-4-13-6-7-1-2-9(5-7)8(11)12/h3,7H,1-2,4-6H2,(H,11,12)/t7-/m0/s1. The molecule has 1 aliphatic heterocycles. The molecule has 13 heavy (non-hydrogen) atoms. The molecule has 0 aromatic heterocycles. The molecule has 0 aliphatic carbocycles. The van der Waals surface area contributed by atoms with Gasteiger partial charge in [-0.15, -0.1) is 0 Å². The van der Waals surface area contributed by atoms with Crippen LogP contribution < -0.4 is 0 Å². The second kappa shape index (κ2) is 4.81. The van der Waals surface area contributed by atoms with Crippen LogP contribution in [0.2, 0.25) is 0 Å². The first-order valence-corrected chi connectivity index (χ1v) is 4.23. The lowest BCUT2D eigenvalue weighted by molar-refractivity contribution is -0.112. The second-order valence-electron chi connectivity index (χ2n) is 3.09. The van der Waals surface area contributed by atoms with Crippen molar-refractivity contribution in [1.82, 2.24) is 4.90 Å². The molecule has 1 amide bonds. The SMILES string of the molecule is O=CCOC[C@H]1CCN(C(=O)O)C1.